The topological polar surface area (TPSA) is 64.6 Å². The normalized spacial score (nSPS) is 15.3. The Morgan fingerprint density at radius 2 is 2.05 bits per heavy atom. The van der Waals surface area contributed by atoms with Crippen LogP contribution in [0.25, 0.3) is 0 Å². The van der Waals surface area contributed by atoms with E-state index in [4.69, 9.17) is 21.1 Å². The van der Waals surface area contributed by atoms with Gasteiger partial charge in [0, 0.05) is 11.9 Å². The fraction of sp³-hybridized carbons (Fsp3) is 0.538. The van der Waals surface area contributed by atoms with Crippen molar-refractivity contribution in [1.29, 1.82) is 0 Å². The van der Waals surface area contributed by atoms with Gasteiger partial charge in [-0.25, -0.2) is 13.1 Å². The molecule has 0 aliphatic carbocycles. The number of fused-ring (bicyclic) bond motifs is 1. The van der Waals surface area contributed by atoms with E-state index in [0.29, 0.717) is 30.2 Å². The highest BCUT2D eigenvalue weighted by atomic mass is 35.5. The van der Waals surface area contributed by atoms with E-state index in [9.17, 15) is 8.42 Å². The van der Waals surface area contributed by atoms with Crippen LogP contribution in [-0.4, -0.2) is 26.8 Å². The summed E-state index contributed by atoms with van der Waals surface area (Å²) in [5, 5.41) is 0. The van der Waals surface area contributed by atoms with Gasteiger partial charge in [0.1, 0.15) is 0 Å². The zero-order valence-electron chi connectivity index (χ0n) is 11.3. The van der Waals surface area contributed by atoms with Gasteiger partial charge in [-0.3, -0.25) is 0 Å². The number of ether oxygens (including phenoxy) is 2. The van der Waals surface area contributed by atoms with Crippen LogP contribution in [0.3, 0.4) is 0 Å². The van der Waals surface area contributed by atoms with E-state index in [2.05, 4.69) is 4.72 Å². The second-order valence-corrected chi connectivity index (χ2v) is 6.92. The fourth-order valence-corrected chi connectivity index (χ4v) is 3.53. The number of unbranched alkanes of at least 4 members (excludes halogenated alkanes) is 1. The summed E-state index contributed by atoms with van der Waals surface area (Å²) in [7, 11) is -3.30. The number of alkyl halides is 1. The lowest BCUT2D eigenvalue weighted by Crippen LogP contribution is -2.29. The van der Waals surface area contributed by atoms with Gasteiger partial charge >= 0.3 is 0 Å². The van der Waals surface area contributed by atoms with Crippen LogP contribution in [0.2, 0.25) is 0 Å². The summed E-state index contributed by atoms with van der Waals surface area (Å²) in [5.41, 5.74) is 0.843. The molecule has 1 aliphatic heterocycles. The third-order valence-corrected chi connectivity index (χ3v) is 4.86. The zero-order chi connectivity index (χ0) is 14.6. The van der Waals surface area contributed by atoms with Gasteiger partial charge in [0.2, 0.25) is 16.8 Å². The van der Waals surface area contributed by atoms with Crippen LogP contribution in [0.15, 0.2) is 18.2 Å². The van der Waals surface area contributed by atoms with Crippen LogP contribution < -0.4 is 14.2 Å². The quantitative estimate of drug-likeness (QED) is 0.619. The Labute approximate surface area is 124 Å². The number of halogens is 1. The Morgan fingerprint density at radius 1 is 1.30 bits per heavy atom. The first-order chi connectivity index (χ1) is 9.52. The van der Waals surface area contributed by atoms with Crippen LogP contribution in [0, 0.1) is 0 Å². The van der Waals surface area contributed by atoms with Crippen LogP contribution in [0.5, 0.6) is 11.5 Å². The largest absolute Gasteiger partial charge is 0.454 e. The molecule has 1 aliphatic rings. The summed E-state index contributed by atoms with van der Waals surface area (Å²) in [6.07, 6.45) is 1.26. The molecule has 0 saturated carbocycles. The Bertz CT molecular complexity index is 561. The van der Waals surface area contributed by atoms with Crippen molar-refractivity contribution in [3.05, 3.63) is 23.8 Å². The average molecular weight is 320 g/mol. The highest BCUT2D eigenvalue weighted by Gasteiger charge is 2.19. The van der Waals surface area contributed by atoms with Crippen LogP contribution in [0.1, 0.15) is 31.4 Å². The predicted octanol–water partition coefficient (Wildman–Crippen LogP) is 2.41. The van der Waals surface area contributed by atoms with Gasteiger partial charge in [-0.2, -0.15) is 0 Å². The number of hydrogen-bond acceptors (Lipinski definition) is 4. The summed E-state index contributed by atoms with van der Waals surface area (Å²) in [6, 6.07) is 5.11. The molecular formula is C13H18ClNO4S. The second kappa shape index (κ2) is 6.65. The molecule has 112 valence electrons. The summed E-state index contributed by atoms with van der Waals surface area (Å²) >= 11 is 5.55. The number of benzene rings is 1. The van der Waals surface area contributed by atoms with E-state index in [1.807, 2.05) is 6.07 Å². The lowest BCUT2D eigenvalue weighted by Gasteiger charge is -2.15. The Hall–Kier alpha value is -0.980. The zero-order valence-corrected chi connectivity index (χ0v) is 12.8. The number of nitrogens with one attached hydrogen (secondary N) is 1. The summed E-state index contributed by atoms with van der Waals surface area (Å²) in [6.45, 7) is 2.01. The molecule has 20 heavy (non-hydrogen) atoms. The molecule has 1 heterocycles. The highest BCUT2D eigenvalue weighted by molar-refractivity contribution is 7.89. The molecule has 0 aromatic heterocycles. The maximum atomic E-state index is 11.9. The Morgan fingerprint density at radius 3 is 2.80 bits per heavy atom. The lowest BCUT2D eigenvalue weighted by atomic mass is 10.1. The first kappa shape index (κ1) is 15.4. The first-order valence-electron chi connectivity index (χ1n) is 6.47. The first-order valence-corrected chi connectivity index (χ1v) is 8.66. The van der Waals surface area contributed by atoms with E-state index in [1.165, 1.54) is 0 Å². The van der Waals surface area contributed by atoms with Crippen LogP contribution in [-0.2, 0) is 10.0 Å². The number of hydrogen-bond donors (Lipinski definition) is 1. The van der Waals surface area contributed by atoms with E-state index < -0.39 is 10.0 Å². The third kappa shape index (κ3) is 4.01. The SMILES string of the molecule is CC(NS(=O)(=O)CCCCCl)c1ccc2c(c1)OCO2. The van der Waals surface area contributed by atoms with Gasteiger partial charge in [-0.1, -0.05) is 6.07 Å². The van der Waals surface area contributed by atoms with Crippen molar-refractivity contribution in [3.63, 3.8) is 0 Å². The summed E-state index contributed by atoms with van der Waals surface area (Å²) in [4.78, 5) is 0. The Balaban J connectivity index is 1.99. The van der Waals surface area contributed by atoms with Crippen molar-refractivity contribution in [2.75, 3.05) is 18.4 Å². The van der Waals surface area contributed by atoms with Crippen molar-refractivity contribution in [3.8, 4) is 11.5 Å². The van der Waals surface area contributed by atoms with E-state index in [-0.39, 0.29) is 18.6 Å². The van der Waals surface area contributed by atoms with Crippen LogP contribution >= 0.6 is 11.6 Å². The molecule has 0 spiro atoms. The van der Waals surface area contributed by atoms with Gasteiger partial charge < -0.3 is 9.47 Å². The third-order valence-electron chi connectivity index (χ3n) is 3.05. The molecule has 7 heteroatoms. The monoisotopic (exact) mass is 319 g/mol. The van der Waals surface area contributed by atoms with Gasteiger partial charge in [0.15, 0.2) is 11.5 Å². The lowest BCUT2D eigenvalue weighted by molar-refractivity contribution is 0.174. The maximum Gasteiger partial charge on any atom is 0.231 e. The van der Waals surface area contributed by atoms with Crippen LogP contribution in [0.4, 0.5) is 0 Å². The van der Waals surface area contributed by atoms with Gasteiger partial charge in [-0.05, 0) is 37.5 Å². The second-order valence-electron chi connectivity index (χ2n) is 4.67. The van der Waals surface area contributed by atoms with Crippen molar-refractivity contribution < 1.29 is 17.9 Å². The van der Waals surface area contributed by atoms with Crippen molar-refractivity contribution in [1.82, 2.24) is 4.72 Å². The minimum Gasteiger partial charge on any atom is -0.454 e. The molecule has 1 aromatic carbocycles. The molecule has 1 N–H and O–H groups in total. The number of sulfonamides is 1. The van der Waals surface area contributed by atoms with E-state index in [1.54, 1.807) is 19.1 Å². The molecular weight excluding hydrogens is 302 g/mol. The smallest absolute Gasteiger partial charge is 0.231 e. The minimum absolute atomic E-state index is 0.0919. The molecule has 0 bridgehead atoms. The minimum atomic E-state index is -3.30. The molecule has 0 saturated heterocycles. The maximum absolute atomic E-state index is 11.9. The predicted molar refractivity (Wildman–Crippen MR) is 77.9 cm³/mol. The molecule has 0 fully saturated rings. The molecule has 5 nitrogen and oxygen atoms in total. The van der Waals surface area contributed by atoms with Crippen molar-refractivity contribution >= 4 is 21.6 Å². The van der Waals surface area contributed by atoms with E-state index >= 15 is 0 Å². The molecule has 0 amide bonds. The Kier molecular flexibility index (Phi) is 5.12. The molecule has 1 atom stereocenters. The standard InChI is InChI=1S/C13H18ClNO4S/c1-10(15-20(16,17)7-3-2-6-14)11-4-5-12-13(8-11)19-9-18-12/h4-5,8,10,15H,2-3,6-7,9H2,1H3. The van der Waals surface area contributed by atoms with E-state index in [0.717, 1.165) is 5.56 Å². The molecule has 0 radical (unpaired) electrons. The molecule has 1 aromatic rings. The van der Waals surface area contributed by atoms with Gasteiger partial charge in [0.05, 0.1) is 5.75 Å². The fourth-order valence-electron chi connectivity index (χ4n) is 1.97. The average Bonchev–Trinajstić information content (AvgIpc) is 2.85. The molecule has 2 rings (SSSR count). The van der Waals surface area contributed by atoms with Crippen molar-refractivity contribution in [2.45, 2.75) is 25.8 Å². The summed E-state index contributed by atoms with van der Waals surface area (Å²) < 4.78 is 37.0. The number of rotatable bonds is 7. The summed E-state index contributed by atoms with van der Waals surface area (Å²) in [5.74, 6) is 1.91. The van der Waals surface area contributed by atoms with Gasteiger partial charge in [-0.15, -0.1) is 11.6 Å². The van der Waals surface area contributed by atoms with Gasteiger partial charge in [0.25, 0.3) is 0 Å². The van der Waals surface area contributed by atoms with Crippen molar-refractivity contribution in [2.24, 2.45) is 0 Å². The highest BCUT2D eigenvalue weighted by Crippen LogP contribution is 2.34. The molecule has 1 unspecified atom stereocenters.